The fourth-order valence-electron chi connectivity index (χ4n) is 3.25. The second-order valence-electron chi connectivity index (χ2n) is 8.02. The van der Waals surface area contributed by atoms with E-state index >= 15 is 0 Å². The zero-order chi connectivity index (χ0) is 25.0. The number of hydrogen-bond donors (Lipinski definition) is 3. The van der Waals surface area contributed by atoms with Gasteiger partial charge in [0.25, 0.3) is 0 Å². The Morgan fingerprint density at radius 2 is 1.88 bits per heavy atom. The lowest BCUT2D eigenvalue weighted by Crippen LogP contribution is -2.10. The molecule has 0 radical (unpaired) electrons. The highest BCUT2D eigenvalue weighted by Gasteiger charge is 2.34. The van der Waals surface area contributed by atoms with Gasteiger partial charge in [0.15, 0.2) is 0 Å². The van der Waals surface area contributed by atoms with E-state index in [0.717, 1.165) is 49.4 Å². The first kappa shape index (κ1) is 27.1. The molecule has 0 unspecified atom stereocenters. The normalized spacial score (nSPS) is 12.5. The van der Waals surface area contributed by atoms with Gasteiger partial charge in [-0.15, -0.1) is 0 Å². The van der Waals surface area contributed by atoms with Gasteiger partial charge >= 0.3 is 6.18 Å². The predicted octanol–water partition coefficient (Wildman–Crippen LogP) is 7.60. The molecule has 1 aromatic heterocycles. The Kier molecular flexibility index (Phi) is 10.8. The number of hydrogen-bond acceptors (Lipinski definition) is 4. The van der Waals surface area contributed by atoms with Crippen LogP contribution in [-0.2, 0) is 6.18 Å². The summed E-state index contributed by atoms with van der Waals surface area (Å²) in [6.45, 7) is 8.14. The minimum absolute atomic E-state index is 0.157. The standard InChI is InChI=1S/C26H35F3N4O/c1-5-7-8-9-10-11-16-34-24-15-14-21(17-22(24)26(27,28)29)32-25-31-18-23(33-25)20(6-2)13-12-19(3)30-4/h6,12-15,17-18,30H,2,5,7-11,16H2,1,3-4H3,(H2,31,32,33)/b19-12+,20-13+. The number of nitrogens with zero attached hydrogens (tertiary/aromatic N) is 1. The Labute approximate surface area is 200 Å². The third kappa shape index (κ3) is 8.65. The summed E-state index contributed by atoms with van der Waals surface area (Å²) in [4.78, 5) is 7.30. The quantitative estimate of drug-likeness (QED) is 0.194. The van der Waals surface area contributed by atoms with E-state index in [0.29, 0.717) is 11.6 Å². The van der Waals surface area contributed by atoms with Crippen LogP contribution >= 0.6 is 0 Å². The van der Waals surface area contributed by atoms with Crippen LogP contribution in [0.25, 0.3) is 5.57 Å². The van der Waals surface area contributed by atoms with Crippen molar-refractivity contribution in [3.05, 3.63) is 66.2 Å². The Balaban J connectivity index is 2.08. The van der Waals surface area contributed by atoms with E-state index in [-0.39, 0.29) is 18.0 Å². The molecule has 8 heteroatoms. The SMILES string of the molecule is C=C/C(=C\C=C(/C)NC)c1cnc(Nc2ccc(OCCCCCCCC)c(C(F)(F)F)c2)[nH]1. The van der Waals surface area contributed by atoms with Crippen LogP contribution in [0.5, 0.6) is 5.75 Å². The number of imidazole rings is 1. The minimum Gasteiger partial charge on any atom is -0.493 e. The average molecular weight is 477 g/mol. The van der Waals surface area contributed by atoms with Crippen LogP contribution in [0.15, 0.2) is 54.9 Å². The molecule has 0 bridgehead atoms. The van der Waals surface area contributed by atoms with E-state index in [2.05, 4.69) is 34.1 Å². The van der Waals surface area contributed by atoms with Crippen molar-refractivity contribution in [2.45, 2.75) is 58.5 Å². The Hall–Kier alpha value is -3.16. The van der Waals surface area contributed by atoms with Crippen molar-refractivity contribution in [3.63, 3.8) is 0 Å². The third-order valence-electron chi connectivity index (χ3n) is 5.32. The van der Waals surface area contributed by atoms with Crippen LogP contribution in [0.2, 0.25) is 0 Å². The molecule has 0 saturated carbocycles. The lowest BCUT2D eigenvalue weighted by atomic mass is 10.1. The average Bonchev–Trinajstić information content (AvgIpc) is 3.27. The number of halogens is 3. The summed E-state index contributed by atoms with van der Waals surface area (Å²) in [7, 11) is 1.83. The highest BCUT2D eigenvalue weighted by Crippen LogP contribution is 2.38. The molecule has 1 aromatic carbocycles. The molecule has 1 heterocycles. The fraction of sp³-hybridized carbons (Fsp3) is 0.423. The van der Waals surface area contributed by atoms with Crippen LogP contribution in [0, 0.1) is 0 Å². The summed E-state index contributed by atoms with van der Waals surface area (Å²) < 4.78 is 46.5. The van der Waals surface area contributed by atoms with Gasteiger partial charge in [-0.1, -0.05) is 57.8 Å². The van der Waals surface area contributed by atoms with Crippen molar-refractivity contribution in [3.8, 4) is 5.75 Å². The maximum Gasteiger partial charge on any atom is 0.420 e. The maximum absolute atomic E-state index is 13.7. The van der Waals surface area contributed by atoms with Crippen LogP contribution in [0.1, 0.15) is 63.6 Å². The molecule has 0 saturated heterocycles. The second kappa shape index (κ2) is 13.5. The zero-order valence-corrected chi connectivity index (χ0v) is 20.2. The van der Waals surface area contributed by atoms with Gasteiger partial charge in [0.05, 0.1) is 24.1 Å². The summed E-state index contributed by atoms with van der Waals surface area (Å²) in [5.74, 6) is 0.168. The number of aromatic amines is 1. The van der Waals surface area contributed by atoms with Gasteiger partial charge in [-0.2, -0.15) is 13.2 Å². The highest BCUT2D eigenvalue weighted by molar-refractivity contribution is 5.73. The Bertz CT molecular complexity index is 977. The molecule has 0 aliphatic rings. The van der Waals surface area contributed by atoms with Gasteiger partial charge in [-0.25, -0.2) is 4.98 Å². The van der Waals surface area contributed by atoms with Gasteiger partial charge in [0.1, 0.15) is 5.75 Å². The molecule has 0 atom stereocenters. The maximum atomic E-state index is 13.7. The fourth-order valence-corrected chi connectivity index (χ4v) is 3.25. The topological polar surface area (TPSA) is 62.0 Å². The number of benzene rings is 1. The van der Waals surface area contributed by atoms with Crippen molar-refractivity contribution in [1.29, 1.82) is 0 Å². The lowest BCUT2D eigenvalue weighted by Gasteiger charge is -2.15. The number of rotatable bonds is 14. The summed E-state index contributed by atoms with van der Waals surface area (Å²) in [5.41, 5.74) is 1.90. The molecule has 2 rings (SSSR count). The second-order valence-corrected chi connectivity index (χ2v) is 8.02. The van der Waals surface area contributed by atoms with Gasteiger partial charge in [-0.3, -0.25) is 0 Å². The molecule has 0 spiro atoms. The lowest BCUT2D eigenvalue weighted by molar-refractivity contribution is -0.138. The van der Waals surface area contributed by atoms with E-state index in [1.165, 1.54) is 12.5 Å². The van der Waals surface area contributed by atoms with Crippen molar-refractivity contribution < 1.29 is 17.9 Å². The van der Waals surface area contributed by atoms with E-state index < -0.39 is 11.7 Å². The van der Waals surface area contributed by atoms with E-state index in [1.54, 1.807) is 18.3 Å². The molecular weight excluding hydrogens is 441 g/mol. The largest absolute Gasteiger partial charge is 0.493 e. The molecule has 2 aromatic rings. The van der Waals surface area contributed by atoms with Crippen LogP contribution in [0.3, 0.4) is 0 Å². The number of H-pyrrole nitrogens is 1. The molecular formula is C26H35F3N4O. The van der Waals surface area contributed by atoms with Gasteiger partial charge in [0, 0.05) is 18.4 Å². The number of aromatic nitrogens is 2. The van der Waals surface area contributed by atoms with Crippen molar-refractivity contribution >= 4 is 17.2 Å². The molecule has 3 N–H and O–H groups in total. The summed E-state index contributed by atoms with van der Waals surface area (Å²) in [6.07, 6.45) is 8.76. The monoisotopic (exact) mass is 476 g/mol. The first-order valence-electron chi connectivity index (χ1n) is 11.6. The first-order valence-corrected chi connectivity index (χ1v) is 11.6. The minimum atomic E-state index is -4.53. The number of alkyl halides is 3. The van der Waals surface area contributed by atoms with Crippen molar-refractivity contribution in [2.75, 3.05) is 19.0 Å². The van der Waals surface area contributed by atoms with Gasteiger partial charge in [-0.05, 0) is 43.2 Å². The van der Waals surface area contributed by atoms with Crippen LogP contribution < -0.4 is 15.4 Å². The molecule has 34 heavy (non-hydrogen) atoms. The molecule has 0 aliphatic heterocycles. The number of unbranched alkanes of at least 4 members (excludes halogenated alkanes) is 5. The van der Waals surface area contributed by atoms with Crippen molar-refractivity contribution in [1.82, 2.24) is 15.3 Å². The van der Waals surface area contributed by atoms with Crippen molar-refractivity contribution in [2.24, 2.45) is 0 Å². The summed E-state index contributed by atoms with van der Waals surface area (Å²) >= 11 is 0. The number of nitrogens with one attached hydrogen (secondary N) is 3. The summed E-state index contributed by atoms with van der Waals surface area (Å²) in [6, 6.07) is 3.95. The smallest absolute Gasteiger partial charge is 0.420 e. The molecule has 0 fully saturated rings. The molecule has 5 nitrogen and oxygen atoms in total. The van der Waals surface area contributed by atoms with E-state index in [4.69, 9.17) is 4.74 Å². The third-order valence-corrected chi connectivity index (χ3v) is 5.32. The molecule has 0 amide bonds. The van der Waals surface area contributed by atoms with Crippen LogP contribution in [0.4, 0.5) is 24.8 Å². The zero-order valence-electron chi connectivity index (χ0n) is 20.2. The molecule has 0 aliphatic carbocycles. The van der Waals surface area contributed by atoms with E-state index in [1.807, 2.05) is 26.1 Å². The highest BCUT2D eigenvalue weighted by atomic mass is 19.4. The summed E-state index contributed by atoms with van der Waals surface area (Å²) in [5, 5.41) is 5.93. The number of ether oxygens (including phenoxy) is 1. The molecule has 186 valence electrons. The first-order chi connectivity index (χ1) is 16.3. The number of allylic oxidation sites excluding steroid dienone is 5. The van der Waals surface area contributed by atoms with Gasteiger partial charge in [0.2, 0.25) is 5.95 Å². The van der Waals surface area contributed by atoms with Gasteiger partial charge < -0.3 is 20.4 Å². The Morgan fingerprint density at radius 1 is 1.15 bits per heavy atom. The van der Waals surface area contributed by atoms with E-state index in [9.17, 15) is 13.2 Å². The Morgan fingerprint density at radius 3 is 2.56 bits per heavy atom. The predicted molar refractivity (Wildman–Crippen MR) is 133 cm³/mol. The number of anilines is 2. The van der Waals surface area contributed by atoms with Crippen LogP contribution in [-0.4, -0.2) is 23.6 Å².